The van der Waals surface area contributed by atoms with Crippen molar-refractivity contribution in [3.8, 4) is 5.75 Å². The van der Waals surface area contributed by atoms with Crippen molar-refractivity contribution in [1.29, 1.82) is 0 Å². The predicted octanol–water partition coefficient (Wildman–Crippen LogP) is 3.19. The number of thiophene rings is 1. The second kappa shape index (κ2) is 3.50. The molecular weight excluding hydrogens is 194 g/mol. The molecule has 2 N–H and O–H groups in total. The van der Waals surface area contributed by atoms with Crippen LogP contribution in [0.25, 0.3) is 10.1 Å². The number of anilines is 1. The molecule has 2 nitrogen and oxygen atoms in total. The van der Waals surface area contributed by atoms with Gasteiger partial charge in [-0.1, -0.05) is 0 Å². The predicted molar refractivity (Wildman–Crippen MR) is 62.1 cm³/mol. The zero-order valence-electron chi connectivity index (χ0n) is 8.33. The van der Waals surface area contributed by atoms with Gasteiger partial charge < -0.3 is 10.5 Å². The van der Waals surface area contributed by atoms with E-state index in [4.69, 9.17) is 10.5 Å². The van der Waals surface area contributed by atoms with Crippen molar-refractivity contribution in [2.75, 3.05) is 12.3 Å². The monoisotopic (exact) mass is 207 g/mol. The summed E-state index contributed by atoms with van der Waals surface area (Å²) in [5.74, 6) is 0.828. The van der Waals surface area contributed by atoms with Gasteiger partial charge in [-0.25, -0.2) is 0 Å². The molecule has 0 fully saturated rings. The van der Waals surface area contributed by atoms with Crippen LogP contribution in [0.15, 0.2) is 18.2 Å². The highest BCUT2D eigenvalue weighted by atomic mass is 32.1. The fourth-order valence-corrected chi connectivity index (χ4v) is 2.46. The lowest BCUT2D eigenvalue weighted by molar-refractivity contribution is 0.346. The van der Waals surface area contributed by atoms with E-state index in [1.165, 1.54) is 9.58 Å². The summed E-state index contributed by atoms with van der Waals surface area (Å²) >= 11 is 1.77. The molecule has 2 rings (SSSR count). The quantitative estimate of drug-likeness (QED) is 0.767. The van der Waals surface area contributed by atoms with E-state index in [1.54, 1.807) is 11.3 Å². The van der Waals surface area contributed by atoms with Crippen molar-refractivity contribution in [3.05, 3.63) is 23.1 Å². The molecule has 14 heavy (non-hydrogen) atoms. The Balaban J connectivity index is 2.68. The van der Waals surface area contributed by atoms with Gasteiger partial charge in [0.05, 0.1) is 12.3 Å². The molecule has 0 saturated carbocycles. The molecule has 2 aromatic rings. The Labute approximate surface area is 87.3 Å². The van der Waals surface area contributed by atoms with Crippen molar-refractivity contribution in [2.24, 2.45) is 0 Å². The molecule has 1 aromatic heterocycles. The number of nitrogen functional groups attached to an aromatic ring is 1. The summed E-state index contributed by atoms with van der Waals surface area (Å²) < 4.78 is 6.78. The van der Waals surface area contributed by atoms with Crippen molar-refractivity contribution < 1.29 is 4.74 Å². The summed E-state index contributed by atoms with van der Waals surface area (Å²) in [5.41, 5.74) is 6.58. The molecule has 0 saturated heterocycles. The van der Waals surface area contributed by atoms with Crippen molar-refractivity contribution in [3.63, 3.8) is 0 Å². The number of fused-ring (bicyclic) bond motifs is 1. The first kappa shape index (κ1) is 9.34. The molecule has 74 valence electrons. The van der Waals surface area contributed by atoms with Crippen LogP contribution in [0.5, 0.6) is 5.75 Å². The summed E-state index contributed by atoms with van der Waals surface area (Å²) in [5, 5.41) is 1.13. The average molecular weight is 207 g/mol. The van der Waals surface area contributed by atoms with Crippen LogP contribution in [0.1, 0.15) is 11.8 Å². The highest BCUT2D eigenvalue weighted by molar-refractivity contribution is 7.19. The van der Waals surface area contributed by atoms with Gasteiger partial charge in [-0.2, -0.15) is 0 Å². The highest BCUT2D eigenvalue weighted by Gasteiger charge is 2.08. The molecule has 1 aromatic carbocycles. The van der Waals surface area contributed by atoms with Crippen LogP contribution in [0, 0.1) is 6.92 Å². The smallest absolute Gasteiger partial charge is 0.150 e. The van der Waals surface area contributed by atoms with Gasteiger partial charge in [0.1, 0.15) is 0 Å². The van der Waals surface area contributed by atoms with Gasteiger partial charge >= 0.3 is 0 Å². The Morgan fingerprint density at radius 2 is 2.21 bits per heavy atom. The molecule has 0 aliphatic rings. The lowest BCUT2D eigenvalue weighted by Crippen LogP contribution is -1.96. The molecular formula is C11H13NOS. The van der Waals surface area contributed by atoms with Gasteiger partial charge in [-0.05, 0) is 32.0 Å². The van der Waals surface area contributed by atoms with E-state index in [2.05, 4.69) is 13.0 Å². The SMILES string of the molecule is CCOc1c(N)ccc2sc(C)cc12. The zero-order valence-corrected chi connectivity index (χ0v) is 9.15. The summed E-state index contributed by atoms with van der Waals surface area (Å²) in [6, 6.07) is 6.08. The molecule has 1 heterocycles. The Bertz CT molecular complexity index is 462. The average Bonchev–Trinajstić information content (AvgIpc) is 2.51. The topological polar surface area (TPSA) is 35.2 Å². The summed E-state index contributed by atoms with van der Waals surface area (Å²) in [7, 11) is 0. The van der Waals surface area contributed by atoms with Gasteiger partial charge in [0.2, 0.25) is 0 Å². The van der Waals surface area contributed by atoms with Gasteiger partial charge in [0, 0.05) is 15.0 Å². The van der Waals surface area contributed by atoms with E-state index in [-0.39, 0.29) is 0 Å². The lowest BCUT2D eigenvalue weighted by Gasteiger charge is -2.07. The van der Waals surface area contributed by atoms with E-state index in [9.17, 15) is 0 Å². The summed E-state index contributed by atoms with van der Waals surface area (Å²) in [6.07, 6.45) is 0. The number of ether oxygens (including phenoxy) is 1. The molecule has 0 atom stereocenters. The van der Waals surface area contributed by atoms with Crippen molar-refractivity contribution in [2.45, 2.75) is 13.8 Å². The Morgan fingerprint density at radius 1 is 1.43 bits per heavy atom. The number of nitrogens with two attached hydrogens (primary N) is 1. The molecule has 3 heteroatoms. The summed E-state index contributed by atoms with van der Waals surface area (Å²) in [4.78, 5) is 1.28. The molecule has 0 amide bonds. The molecule has 0 spiro atoms. The molecule has 0 bridgehead atoms. The van der Waals surface area contributed by atoms with E-state index in [0.29, 0.717) is 6.61 Å². The second-order valence-electron chi connectivity index (χ2n) is 3.19. The normalized spacial score (nSPS) is 10.7. The summed E-state index contributed by atoms with van der Waals surface area (Å²) in [6.45, 7) is 4.71. The van der Waals surface area contributed by atoms with Gasteiger partial charge in [-0.3, -0.25) is 0 Å². The fraction of sp³-hybridized carbons (Fsp3) is 0.273. The van der Waals surface area contributed by atoms with E-state index >= 15 is 0 Å². The number of benzene rings is 1. The Morgan fingerprint density at radius 3 is 2.93 bits per heavy atom. The van der Waals surface area contributed by atoms with Crippen LogP contribution in [-0.4, -0.2) is 6.61 Å². The van der Waals surface area contributed by atoms with Crippen LogP contribution in [0.2, 0.25) is 0 Å². The number of aryl methyl sites for hydroxylation is 1. The lowest BCUT2D eigenvalue weighted by atomic mass is 10.2. The minimum atomic E-state index is 0.651. The van der Waals surface area contributed by atoms with Crippen molar-refractivity contribution >= 4 is 27.1 Å². The van der Waals surface area contributed by atoms with Crippen molar-refractivity contribution in [1.82, 2.24) is 0 Å². The minimum Gasteiger partial charge on any atom is -0.491 e. The molecule has 0 aliphatic heterocycles. The maximum absolute atomic E-state index is 5.86. The van der Waals surface area contributed by atoms with Gasteiger partial charge in [-0.15, -0.1) is 11.3 Å². The van der Waals surface area contributed by atoms with E-state index in [0.717, 1.165) is 16.8 Å². The van der Waals surface area contributed by atoms with Crippen LogP contribution in [0.4, 0.5) is 5.69 Å². The molecule has 0 unspecified atom stereocenters. The number of hydrogen-bond donors (Lipinski definition) is 1. The van der Waals surface area contributed by atoms with Crippen LogP contribution in [0.3, 0.4) is 0 Å². The number of rotatable bonds is 2. The van der Waals surface area contributed by atoms with Crippen LogP contribution < -0.4 is 10.5 Å². The third-order valence-electron chi connectivity index (χ3n) is 2.09. The standard InChI is InChI=1S/C11H13NOS/c1-3-13-11-8-6-7(2)14-10(8)5-4-9(11)12/h4-6H,3,12H2,1-2H3. The Hall–Kier alpha value is -1.22. The highest BCUT2D eigenvalue weighted by Crippen LogP contribution is 2.36. The maximum Gasteiger partial charge on any atom is 0.150 e. The van der Waals surface area contributed by atoms with Gasteiger partial charge in [0.25, 0.3) is 0 Å². The Kier molecular flexibility index (Phi) is 2.33. The zero-order chi connectivity index (χ0) is 10.1. The largest absolute Gasteiger partial charge is 0.491 e. The first-order chi connectivity index (χ1) is 6.72. The molecule has 0 aliphatic carbocycles. The fourth-order valence-electron chi connectivity index (χ4n) is 1.54. The minimum absolute atomic E-state index is 0.651. The third kappa shape index (κ3) is 1.44. The number of hydrogen-bond acceptors (Lipinski definition) is 3. The van der Waals surface area contributed by atoms with E-state index < -0.39 is 0 Å². The third-order valence-corrected chi connectivity index (χ3v) is 3.11. The second-order valence-corrected chi connectivity index (χ2v) is 4.47. The van der Waals surface area contributed by atoms with Crippen LogP contribution in [-0.2, 0) is 0 Å². The first-order valence-corrected chi connectivity index (χ1v) is 5.45. The van der Waals surface area contributed by atoms with E-state index in [1.807, 2.05) is 19.1 Å². The first-order valence-electron chi connectivity index (χ1n) is 4.63. The molecule has 0 radical (unpaired) electrons. The van der Waals surface area contributed by atoms with Gasteiger partial charge in [0.15, 0.2) is 5.75 Å². The maximum atomic E-state index is 5.86. The van der Waals surface area contributed by atoms with Crippen LogP contribution >= 0.6 is 11.3 Å².